The van der Waals surface area contributed by atoms with E-state index >= 15 is 0 Å². The van der Waals surface area contributed by atoms with Gasteiger partial charge in [0.1, 0.15) is 11.3 Å². The maximum absolute atomic E-state index is 13.7. The topological polar surface area (TPSA) is 108 Å². The maximum Gasteiger partial charge on any atom is 0.275 e. The molecule has 2 heterocycles. The van der Waals surface area contributed by atoms with Crippen LogP contribution in [0.5, 0.6) is 5.75 Å². The Morgan fingerprint density at radius 1 is 1.14 bits per heavy atom. The predicted molar refractivity (Wildman–Crippen MR) is 134 cm³/mol. The molecular formula is C26H26N4O5. The highest BCUT2D eigenvalue weighted by Crippen LogP contribution is 2.34. The van der Waals surface area contributed by atoms with Crippen LogP contribution in [-0.2, 0) is 7.05 Å². The number of hydrogen-bond donors (Lipinski definition) is 1. The number of nitro groups is 1. The predicted octanol–water partition coefficient (Wildman–Crippen LogP) is 5.17. The van der Waals surface area contributed by atoms with E-state index in [0.29, 0.717) is 22.2 Å². The minimum Gasteiger partial charge on any atom is -0.495 e. The molecule has 0 aliphatic heterocycles. The number of ether oxygens (including phenoxy) is 1. The highest BCUT2D eigenvalue weighted by Gasteiger charge is 2.25. The van der Waals surface area contributed by atoms with Crippen LogP contribution < -0.4 is 15.6 Å². The summed E-state index contributed by atoms with van der Waals surface area (Å²) in [5.41, 5.74) is 1.57. The number of nitrogens with zero attached hydrogens (tertiary/aromatic N) is 3. The molecule has 1 fully saturated rings. The number of rotatable bonds is 5. The van der Waals surface area contributed by atoms with Crippen molar-refractivity contribution in [1.82, 2.24) is 9.13 Å². The first-order valence-corrected chi connectivity index (χ1v) is 11.7. The molecule has 1 saturated carbocycles. The number of benzene rings is 2. The lowest BCUT2D eigenvalue weighted by Gasteiger charge is -2.25. The Bertz CT molecular complexity index is 1530. The Kier molecular flexibility index (Phi) is 5.76. The smallest absolute Gasteiger partial charge is 0.275 e. The summed E-state index contributed by atoms with van der Waals surface area (Å²) in [5.74, 6) is -0.159. The molecule has 180 valence electrons. The normalized spacial score (nSPS) is 14.3. The lowest BCUT2D eigenvalue weighted by atomic mass is 9.95. The third kappa shape index (κ3) is 3.82. The van der Waals surface area contributed by atoms with Gasteiger partial charge >= 0.3 is 0 Å². The lowest BCUT2D eigenvalue weighted by Crippen LogP contribution is -2.29. The number of fused-ring (bicyclic) bond motifs is 3. The largest absolute Gasteiger partial charge is 0.495 e. The molecule has 4 aromatic rings. The maximum atomic E-state index is 13.7. The van der Waals surface area contributed by atoms with Crippen molar-refractivity contribution in [3.05, 3.63) is 74.7 Å². The van der Waals surface area contributed by atoms with Crippen molar-refractivity contribution < 1.29 is 14.5 Å². The molecule has 0 atom stereocenters. The summed E-state index contributed by atoms with van der Waals surface area (Å²) in [6.07, 6.45) is 6.64. The quantitative estimate of drug-likeness (QED) is 0.317. The molecule has 1 N–H and O–H groups in total. The van der Waals surface area contributed by atoms with Crippen LogP contribution in [0.1, 0.15) is 48.5 Å². The van der Waals surface area contributed by atoms with Gasteiger partial charge in [0.2, 0.25) is 0 Å². The Morgan fingerprint density at radius 2 is 1.89 bits per heavy atom. The minimum atomic E-state index is -0.527. The fraction of sp³-hybridized carbons (Fsp3) is 0.308. The van der Waals surface area contributed by atoms with Gasteiger partial charge in [-0.25, -0.2) is 0 Å². The molecule has 0 unspecified atom stereocenters. The summed E-state index contributed by atoms with van der Waals surface area (Å²) in [7, 11) is 3.27. The van der Waals surface area contributed by atoms with Gasteiger partial charge in [-0.3, -0.25) is 19.7 Å². The summed E-state index contributed by atoms with van der Waals surface area (Å²) in [5, 5.41) is 15.5. The molecule has 1 aliphatic carbocycles. The van der Waals surface area contributed by atoms with Crippen LogP contribution in [0.4, 0.5) is 11.4 Å². The van der Waals surface area contributed by atoms with Crippen LogP contribution in [0.15, 0.2) is 53.5 Å². The van der Waals surface area contributed by atoms with Crippen molar-refractivity contribution in [2.75, 3.05) is 12.4 Å². The molecular weight excluding hydrogens is 448 g/mol. The number of aryl methyl sites for hydroxylation is 1. The van der Waals surface area contributed by atoms with Crippen molar-refractivity contribution in [3.63, 3.8) is 0 Å². The molecule has 0 bridgehead atoms. The average Bonchev–Trinajstić information content (AvgIpc) is 3.18. The number of methoxy groups -OCH3 is 1. The number of carbonyl (C=O) groups excluding carboxylic acids is 1. The van der Waals surface area contributed by atoms with Crippen LogP contribution in [0, 0.1) is 10.1 Å². The highest BCUT2D eigenvalue weighted by atomic mass is 16.6. The third-order valence-electron chi connectivity index (χ3n) is 6.94. The van der Waals surface area contributed by atoms with E-state index in [9.17, 15) is 19.7 Å². The standard InChI is InChI=1S/C26H26N4O5/c1-28-21-11-7-6-10-18(21)23-19(15-29(26(32)24(23)28)16-8-4-3-5-9-16)25(31)27-20-14-17(30(33)34)12-13-22(20)35-2/h6-7,10-16H,3-5,8-9H2,1-2H3,(H,27,31). The molecule has 2 aromatic carbocycles. The van der Waals surface area contributed by atoms with Gasteiger partial charge < -0.3 is 19.2 Å². The SMILES string of the molecule is COc1ccc([N+](=O)[O-])cc1NC(=O)c1cn(C2CCCCC2)c(=O)c2c1c1ccccc1n2C. The van der Waals surface area contributed by atoms with Crippen molar-refractivity contribution in [2.45, 2.75) is 38.1 Å². The van der Waals surface area contributed by atoms with Crippen molar-refractivity contribution in [3.8, 4) is 5.75 Å². The number of pyridine rings is 1. The molecule has 1 amide bonds. The van der Waals surface area contributed by atoms with E-state index in [0.717, 1.165) is 43.0 Å². The van der Waals surface area contributed by atoms with Crippen LogP contribution in [0.2, 0.25) is 0 Å². The zero-order chi connectivity index (χ0) is 24.7. The number of non-ortho nitro benzene ring substituents is 1. The van der Waals surface area contributed by atoms with Gasteiger partial charge in [-0.05, 0) is 25.0 Å². The minimum absolute atomic E-state index is 0.0255. The summed E-state index contributed by atoms with van der Waals surface area (Å²) < 4.78 is 8.87. The van der Waals surface area contributed by atoms with E-state index in [1.54, 1.807) is 10.8 Å². The average molecular weight is 475 g/mol. The second-order valence-corrected chi connectivity index (χ2v) is 8.94. The van der Waals surface area contributed by atoms with Gasteiger partial charge in [0.05, 0.1) is 23.3 Å². The molecule has 0 radical (unpaired) electrons. The zero-order valence-electron chi connectivity index (χ0n) is 19.6. The number of para-hydroxylation sites is 1. The van der Waals surface area contributed by atoms with Crippen LogP contribution in [0.25, 0.3) is 21.8 Å². The van der Waals surface area contributed by atoms with E-state index in [1.807, 2.05) is 35.9 Å². The first kappa shape index (κ1) is 22.6. The molecule has 9 heteroatoms. The first-order chi connectivity index (χ1) is 16.9. The molecule has 1 aliphatic rings. The van der Waals surface area contributed by atoms with Crippen molar-refractivity contribution in [1.29, 1.82) is 0 Å². The Balaban J connectivity index is 1.72. The number of aromatic nitrogens is 2. The van der Waals surface area contributed by atoms with E-state index in [1.165, 1.54) is 25.3 Å². The van der Waals surface area contributed by atoms with Crippen LogP contribution >= 0.6 is 0 Å². The molecule has 0 saturated heterocycles. The fourth-order valence-corrected chi connectivity index (χ4v) is 5.20. The van der Waals surface area contributed by atoms with Crippen molar-refractivity contribution in [2.24, 2.45) is 7.05 Å². The highest BCUT2D eigenvalue weighted by molar-refractivity contribution is 6.20. The Labute approximate surface area is 201 Å². The Hall–Kier alpha value is -4.14. The van der Waals surface area contributed by atoms with Gasteiger partial charge in [-0.1, -0.05) is 37.5 Å². The second kappa shape index (κ2) is 8.90. The number of hydrogen-bond acceptors (Lipinski definition) is 5. The van der Waals surface area contributed by atoms with Gasteiger partial charge in [-0.2, -0.15) is 0 Å². The number of nitrogens with one attached hydrogen (secondary N) is 1. The summed E-state index contributed by atoms with van der Waals surface area (Å²) in [6.45, 7) is 0. The van der Waals surface area contributed by atoms with Gasteiger partial charge in [0.15, 0.2) is 0 Å². The fourth-order valence-electron chi connectivity index (χ4n) is 5.20. The number of nitro benzene ring substituents is 1. The molecule has 0 spiro atoms. The van der Waals surface area contributed by atoms with E-state index < -0.39 is 10.8 Å². The first-order valence-electron chi connectivity index (χ1n) is 11.7. The Morgan fingerprint density at radius 3 is 2.60 bits per heavy atom. The molecule has 2 aromatic heterocycles. The van der Waals surface area contributed by atoms with Gasteiger partial charge in [-0.15, -0.1) is 0 Å². The van der Waals surface area contributed by atoms with Crippen molar-refractivity contribution >= 4 is 39.1 Å². The molecule has 9 nitrogen and oxygen atoms in total. The lowest BCUT2D eigenvalue weighted by molar-refractivity contribution is -0.384. The summed E-state index contributed by atoms with van der Waals surface area (Å²) in [4.78, 5) is 38.2. The van der Waals surface area contributed by atoms with Crippen LogP contribution in [0.3, 0.4) is 0 Å². The summed E-state index contributed by atoms with van der Waals surface area (Å²) in [6, 6.07) is 11.7. The molecule has 35 heavy (non-hydrogen) atoms. The zero-order valence-corrected chi connectivity index (χ0v) is 19.6. The number of carbonyl (C=O) groups is 1. The number of anilines is 1. The monoisotopic (exact) mass is 474 g/mol. The van der Waals surface area contributed by atoms with Gasteiger partial charge in [0.25, 0.3) is 17.2 Å². The van der Waals surface area contributed by atoms with E-state index in [2.05, 4.69) is 5.32 Å². The van der Waals surface area contributed by atoms with Gasteiger partial charge in [0, 0.05) is 47.7 Å². The second-order valence-electron chi connectivity index (χ2n) is 8.94. The number of amides is 1. The molecule has 5 rings (SSSR count). The van der Waals surface area contributed by atoms with E-state index in [4.69, 9.17) is 4.74 Å². The summed E-state index contributed by atoms with van der Waals surface area (Å²) >= 11 is 0. The van der Waals surface area contributed by atoms with E-state index in [-0.39, 0.29) is 23.0 Å². The van der Waals surface area contributed by atoms with Crippen LogP contribution in [-0.4, -0.2) is 27.1 Å². The third-order valence-corrected chi connectivity index (χ3v) is 6.94.